The largest absolute Gasteiger partial charge is 0.397 e. The van der Waals surface area contributed by atoms with Crippen molar-refractivity contribution in [3.63, 3.8) is 0 Å². The van der Waals surface area contributed by atoms with E-state index in [1.807, 2.05) is 36.5 Å². The number of nitriles is 2. The van der Waals surface area contributed by atoms with E-state index >= 15 is 0 Å². The van der Waals surface area contributed by atoms with Gasteiger partial charge in [0.05, 0.1) is 11.9 Å². The molecule has 0 saturated heterocycles. The zero-order valence-corrected chi connectivity index (χ0v) is 14.4. The summed E-state index contributed by atoms with van der Waals surface area (Å²) in [4.78, 5) is 8.85. The Morgan fingerprint density at radius 1 is 1.18 bits per heavy atom. The Balaban J connectivity index is 1.98. The monoisotopic (exact) mass is 370 g/mol. The molecule has 28 heavy (non-hydrogen) atoms. The SMILES string of the molecule is N#CNC1=NC(c2ccccc2-c2cn[nH]c2)c2c(nc(N)c(C#N)c2N)N1. The van der Waals surface area contributed by atoms with Gasteiger partial charge < -0.3 is 16.8 Å². The summed E-state index contributed by atoms with van der Waals surface area (Å²) in [7, 11) is 0. The molecule has 2 aromatic heterocycles. The first-order chi connectivity index (χ1) is 13.6. The van der Waals surface area contributed by atoms with Gasteiger partial charge in [-0.15, -0.1) is 0 Å². The molecular weight excluding hydrogens is 356 g/mol. The number of aliphatic imine (C=N–C) groups is 1. The number of fused-ring (bicyclic) bond motifs is 1. The first kappa shape index (κ1) is 16.9. The molecule has 1 unspecified atom stereocenters. The first-order valence-corrected chi connectivity index (χ1v) is 8.21. The molecular formula is C18H14N10. The smallest absolute Gasteiger partial charge is 0.211 e. The lowest BCUT2D eigenvalue weighted by atomic mass is 9.90. The van der Waals surface area contributed by atoms with Crippen molar-refractivity contribution in [2.45, 2.75) is 6.04 Å². The Kier molecular flexibility index (Phi) is 3.99. The maximum atomic E-state index is 9.42. The molecule has 4 rings (SSSR count). The molecule has 1 atom stereocenters. The molecule has 3 aromatic rings. The minimum atomic E-state index is -0.613. The van der Waals surface area contributed by atoms with Crippen LogP contribution in [0, 0.1) is 22.8 Å². The van der Waals surface area contributed by atoms with E-state index in [2.05, 4.69) is 30.8 Å². The molecule has 7 N–H and O–H groups in total. The lowest BCUT2D eigenvalue weighted by Crippen LogP contribution is -2.32. The Hall–Kier alpha value is -4.57. The number of aromatic amines is 1. The van der Waals surface area contributed by atoms with Gasteiger partial charge in [0.1, 0.15) is 29.3 Å². The van der Waals surface area contributed by atoms with E-state index in [9.17, 15) is 5.26 Å². The number of hydrogen-bond acceptors (Lipinski definition) is 9. The molecule has 0 aliphatic carbocycles. The Labute approximate surface area is 159 Å². The summed E-state index contributed by atoms with van der Waals surface area (Å²) in [6.45, 7) is 0. The van der Waals surface area contributed by atoms with Gasteiger partial charge in [0.2, 0.25) is 5.96 Å². The third kappa shape index (κ3) is 2.62. The van der Waals surface area contributed by atoms with Crippen LogP contribution < -0.4 is 22.1 Å². The van der Waals surface area contributed by atoms with Gasteiger partial charge in [-0.1, -0.05) is 24.3 Å². The molecule has 0 radical (unpaired) electrons. The summed E-state index contributed by atoms with van der Waals surface area (Å²) in [5, 5.41) is 30.6. The molecule has 1 aliphatic heterocycles. The summed E-state index contributed by atoms with van der Waals surface area (Å²) >= 11 is 0. The fraction of sp³-hybridized carbons (Fsp3) is 0.0556. The van der Waals surface area contributed by atoms with Crippen LogP contribution >= 0.6 is 0 Å². The van der Waals surface area contributed by atoms with Crippen LogP contribution in [0.4, 0.5) is 17.3 Å². The first-order valence-electron chi connectivity index (χ1n) is 8.21. The van der Waals surface area contributed by atoms with E-state index in [-0.39, 0.29) is 23.0 Å². The van der Waals surface area contributed by atoms with E-state index in [0.29, 0.717) is 11.4 Å². The summed E-state index contributed by atoms with van der Waals surface area (Å²) in [6.07, 6.45) is 5.30. The molecule has 0 bridgehead atoms. The molecule has 0 fully saturated rings. The standard InChI is InChI=1S/C18H14N10/c19-5-12-14(21)13-15(26-18(23-8-20)28-17(13)27-16(12)22)11-4-2-1-3-10(11)9-6-24-25-7-9/h1-4,6-7,15H,(H,24,25)(H6,21,22,23,26,27,28). The highest BCUT2D eigenvalue weighted by atomic mass is 15.2. The lowest BCUT2D eigenvalue weighted by molar-refractivity contribution is 0.848. The van der Waals surface area contributed by atoms with Gasteiger partial charge in [0, 0.05) is 17.3 Å². The highest BCUT2D eigenvalue weighted by Gasteiger charge is 2.31. The Bertz CT molecular complexity index is 1160. The summed E-state index contributed by atoms with van der Waals surface area (Å²) in [5.41, 5.74) is 15.5. The number of nitrogens with one attached hydrogen (secondary N) is 3. The highest BCUT2D eigenvalue weighted by Crippen LogP contribution is 2.43. The number of guanidine groups is 1. The van der Waals surface area contributed by atoms with Gasteiger partial charge in [-0.3, -0.25) is 10.4 Å². The van der Waals surface area contributed by atoms with Crippen LogP contribution in [0.15, 0.2) is 41.7 Å². The number of rotatable bonds is 2. The van der Waals surface area contributed by atoms with Crippen molar-refractivity contribution < 1.29 is 0 Å². The lowest BCUT2D eigenvalue weighted by Gasteiger charge is -2.27. The Morgan fingerprint density at radius 2 is 2.00 bits per heavy atom. The van der Waals surface area contributed by atoms with Crippen molar-refractivity contribution in [3.05, 3.63) is 53.3 Å². The van der Waals surface area contributed by atoms with Crippen molar-refractivity contribution in [1.82, 2.24) is 20.5 Å². The van der Waals surface area contributed by atoms with Crippen LogP contribution in [-0.4, -0.2) is 21.1 Å². The molecule has 1 aliphatic rings. The fourth-order valence-corrected chi connectivity index (χ4v) is 3.20. The number of hydrogen-bond donors (Lipinski definition) is 5. The maximum absolute atomic E-state index is 9.42. The number of pyridine rings is 1. The van der Waals surface area contributed by atoms with E-state index in [4.69, 9.17) is 16.7 Å². The quantitative estimate of drug-likeness (QED) is 0.332. The molecule has 3 heterocycles. The van der Waals surface area contributed by atoms with Crippen LogP contribution in [0.25, 0.3) is 11.1 Å². The van der Waals surface area contributed by atoms with E-state index < -0.39 is 6.04 Å². The van der Waals surface area contributed by atoms with Gasteiger partial charge in [-0.05, 0) is 11.1 Å². The predicted octanol–water partition coefficient (Wildman–Crippen LogP) is 1.45. The third-order valence-electron chi connectivity index (χ3n) is 4.42. The van der Waals surface area contributed by atoms with Crippen LogP contribution in [-0.2, 0) is 0 Å². The minimum absolute atomic E-state index is 0.00586. The average Bonchev–Trinajstić information content (AvgIpc) is 3.22. The zero-order chi connectivity index (χ0) is 19.7. The number of nitrogens with zero attached hydrogens (tertiary/aromatic N) is 5. The summed E-state index contributed by atoms with van der Waals surface area (Å²) in [6, 6.07) is 8.99. The van der Waals surface area contributed by atoms with Crippen LogP contribution in [0.5, 0.6) is 0 Å². The average molecular weight is 370 g/mol. The molecule has 0 saturated carbocycles. The second-order valence-electron chi connectivity index (χ2n) is 5.98. The van der Waals surface area contributed by atoms with Gasteiger partial charge in [0.15, 0.2) is 6.19 Å². The van der Waals surface area contributed by atoms with Crippen molar-refractivity contribution in [2.24, 2.45) is 4.99 Å². The second kappa shape index (κ2) is 6.63. The normalized spacial score (nSPS) is 14.8. The highest BCUT2D eigenvalue weighted by molar-refractivity contribution is 5.98. The van der Waals surface area contributed by atoms with Crippen LogP contribution in [0.2, 0.25) is 0 Å². The zero-order valence-electron chi connectivity index (χ0n) is 14.4. The number of anilines is 3. The van der Waals surface area contributed by atoms with E-state index in [0.717, 1.165) is 16.7 Å². The molecule has 0 spiro atoms. The summed E-state index contributed by atoms with van der Waals surface area (Å²) < 4.78 is 0. The van der Waals surface area contributed by atoms with Crippen molar-refractivity contribution in [1.29, 1.82) is 10.5 Å². The number of nitrogen functional groups attached to an aromatic ring is 2. The van der Waals surface area contributed by atoms with E-state index in [1.54, 1.807) is 12.4 Å². The van der Waals surface area contributed by atoms with Gasteiger partial charge >= 0.3 is 0 Å². The fourth-order valence-electron chi connectivity index (χ4n) is 3.20. The maximum Gasteiger partial charge on any atom is 0.211 e. The van der Waals surface area contributed by atoms with E-state index in [1.165, 1.54) is 0 Å². The van der Waals surface area contributed by atoms with Crippen LogP contribution in [0.3, 0.4) is 0 Å². The van der Waals surface area contributed by atoms with Crippen LogP contribution in [0.1, 0.15) is 22.7 Å². The predicted molar refractivity (Wildman–Crippen MR) is 103 cm³/mol. The van der Waals surface area contributed by atoms with Crippen molar-refractivity contribution in [2.75, 3.05) is 16.8 Å². The number of H-pyrrole nitrogens is 1. The minimum Gasteiger partial charge on any atom is -0.397 e. The van der Waals surface area contributed by atoms with Gasteiger partial charge in [0.25, 0.3) is 0 Å². The molecule has 1 aromatic carbocycles. The Morgan fingerprint density at radius 3 is 2.71 bits per heavy atom. The van der Waals surface area contributed by atoms with Gasteiger partial charge in [-0.2, -0.15) is 15.6 Å². The molecule has 10 heteroatoms. The van der Waals surface area contributed by atoms with Gasteiger partial charge in [-0.25, -0.2) is 9.98 Å². The summed E-state index contributed by atoms with van der Waals surface area (Å²) in [5.74, 6) is 0.554. The second-order valence-corrected chi connectivity index (χ2v) is 5.98. The number of benzene rings is 1. The topological polar surface area (TPSA) is 178 Å². The van der Waals surface area contributed by atoms with Crippen molar-refractivity contribution >= 4 is 23.3 Å². The number of nitrogens with two attached hydrogens (primary N) is 2. The third-order valence-corrected chi connectivity index (χ3v) is 4.42. The van der Waals surface area contributed by atoms with Crippen molar-refractivity contribution in [3.8, 4) is 23.4 Å². The molecule has 0 amide bonds. The molecule has 136 valence electrons. The number of aromatic nitrogens is 3. The molecule has 10 nitrogen and oxygen atoms in total.